The zero-order chi connectivity index (χ0) is 20.7. The molecule has 0 amide bonds. The normalized spacial score (nSPS) is 11.3. The van der Waals surface area contributed by atoms with Crippen LogP contribution < -0.4 is 5.69 Å². The van der Waals surface area contributed by atoms with Gasteiger partial charge in [0.15, 0.2) is 0 Å². The molecule has 146 valence electrons. The summed E-state index contributed by atoms with van der Waals surface area (Å²) < 4.78 is 3.82. The van der Waals surface area contributed by atoms with E-state index < -0.39 is 0 Å². The summed E-state index contributed by atoms with van der Waals surface area (Å²) in [6.07, 6.45) is 4.91. The van der Waals surface area contributed by atoms with Crippen molar-refractivity contribution in [1.29, 1.82) is 5.26 Å². The van der Waals surface area contributed by atoms with Gasteiger partial charge in [0, 0.05) is 0 Å². The van der Waals surface area contributed by atoms with Crippen LogP contribution in [-0.2, 0) is 6.54 Å². The van der Waals surface area contributed by atoms with E-state index in [9.17, 15) is 10.1 Å². The quantitative estimate of drug-likeness (QED) is 0.391. The summed E-state index contributed by atoms with van der Waals surface area (Å²) in [6, 6.07) is 18.1. The number of aryl methyl sites for hydroxylation is 1. The van der Waals surface area contributed by atoms with Crippen molar-refractivity contribution < 1.29 is 0 Å². The third-order valence-corrected chi connectivity index (χ3v) is 6.08. The van der Waals surface area contributed by atoms with Crippen molar-refractivity contribution in [2.24, 2.45) is 0 Å². The Balaban J connectivity index is 1.83. The van der Waals surface area contributed by atoms with Gasteiger partial charge in [-0.2, -0.15) is 0 Å². The van der Waals surface area contributed by atoms with E-state index in [2.05, 4.69) is 49.7 Å². The summed E-state index contributed by atoms with van der Waals surface area (Å²) in [6.45, 7) is 0.874. The molecule has 30 heavy (non-hydrogen) atoms. The van der Waals surface area contributed by atoms with Crippen LogP contribution in [0.25, 0.3) is 38.8 Å². The van der Waals surface area contributed by atoms with E-state index in [1.807, 2.05) is 48.7 Å². The van der Waals surface area contributed by atoms with Crippen molar-refractivity contribution in [3.8, 4) is 23.0 Å². The van der Waals surface area contributed by atoms with Gasteiger partial charge in [0.1, 0.15) is 0 Å². The Morgan fingerprint density at radius 2 is 1.83 bits per heavy atom. The van der Waals surface area contributed by atoms with Crippen LogP contribution in [0.2, 0.25) is 5.21 Å². The number of H-pyrrole nitrogens is 2. The van der Waals surface area contributed by atoms with Crippen molar-refractivity contribution in [2.45, 2.75) is 18.2 Å². The first-order valence-electron chi connectivity index (χ1n) is 9.73. The molecule has 0 spiro atoms. The molecular formula is C23H18AsN5O. The van der Waals surface area contributed by atoms with Crippen molar-refractivity contribution in [3.63, 3.8) is 0 Å². The summed E-state index contributed by atoms with van der Waals surface area (Å²) >= 11 is 2.61. The number of nitrogens with zero attached hydrogens (tertiary/aromatic N) is 3. The number of rotatable bonds is 5. The van der Waals surface area contributed by atoms with E-state index in [1.54, 1.807) is 4.57 Å². The standard InChI is InChI=1S/C23H18AsN5O/c24-10-5-11-28-14-17(15-6-2-4-9-20(15)28)22-19(12-25)27-23(30)29(22)21-13-26-18-8-3-1-7-16(18)21/h1-4,6-9,13-14,26H,5,10-11H2,(H,27,30). The van der Waals surface area contributed by atoms with Crippen LogP contribution in [0.4, 0.5) is 0 Å². The first-order valence-corrected chi connectivity index (χ1v) is 11.1. The Hall–Kier alpha value is -3.42. The summed E-state index contributed by atoms with van der Waals surface area (Å²) in [5.41, 5.74) is 4.16. The number of hydrogen-bond donors (Lipinski definition) is 2. The van der Waals surface area contributed by atoms with Crippen molar-refractivity contribution in [1.82, 2.24) is 19.1 Å². The molecule has 0 unspecified atom stereocenters. The SMILES string of the molecule is N#Cc1[nH]c(=O)n(-c2c[nH]c3ccccc23)c1-c1cn(CCC[As])c2ccccc12. The van der Waals surface area contributed by atoms with Crippen molar-refractivity contribution in [2.75, 3.05) is 0 Å². The van der Waals surface area contributed by atoms with E-state index in [0.29, 0.717) is 5.69 Å². The minimum atomic E-state index is -0.325. The minimum absolute atomic E-state index is 0.264. The van der Waals surface area contributed by atoms with Gasteiger partial charge in [-0.25, -0.2) is 0 Å². The molecule has 3 heterocycles. The summed E-state index contributed by atoms with van der Waals surface area (Å²) in [5, 5.41) is 12.8. The molecule has 7 heteroatoms. The van der Waals surface area contributed by atoms with E-state index in [-0.39, 0.29) is 11.4 Å². The molecule has 0 saturated carbocycles. The van der Waals surface area contributed by atoms with Gasteiger partial charge >= 0.3 is 175 Å². The van der Waals surface area contributed by atoms with E-state index >= 15 is 0 Å². The Morgan fingerprint density at radius 1 is 1.07 bits per heavy atom. The third kappa shape index (κ3) is 2.82. The molecule has 5 aromatic rings. The van der Waals surface area contributed by atoms with Crippen LogP contribution in [-0.4, -0.2) is 36.0 Å². The van der Waals surface area contributed by atoms with Crippen LogP contribution in [0, 0.1) is 11.3 Å². The Labute approximate surface area is 181 Å². The molecule has 2 aromatic carbocycles. The molecule has 0 aliphatic rings. The van der Waals surface area contributed by atoms with Gasteiger partial charge in [-0.3, -0.25) is 0 Å². The maximum atomic E-state index is 13.0. The molecule has 0 saturated heterocycles. The third-order valence-electron chi connectivity index (χ3n) is 5.42. The summed E-state index contributed by atoms with van der Waals surface area (Å²) in [4.78, 5) is 19.0. The molecule has 3 aromatic heterocycles. The fraction of sp³-hybridized carbons (Fsp3) is 0.130. The second-order valence-corrected chi connectivity index (χ2v) is 8.09. The second-order valence-electron chi connectivity index (χ2n) is 7.15. The topological polar surface area (TPSA) is 82.3 Å². The van der Waals surface area contributed by atoms with Gasteiger partial charge in [0.25, 0.3) is 0 Å². The number of imidazole rings is 1. The van der Waals surface area contributed by atoms with Crippen LogP contribution in [0.15, 0.2) is 65.7 Å². The Bertz CT molecular complexity index is 1480. The number of aromatic amines is 2. The van der Waals surface area contributed by atoms with Gasteiger partial charge < -0.3 is 0 Å². The molecule has 0 bridgehead atoms. The molecule has 0 aliphatic heterocycles. The molecule has 6 nitrogen and oxygen atoms in total. The molecule has 2 N–H and O–H groups in total. The summed E-state index contributed by atoms with van der Waals surface area (Å²) in [7, 11) is 0. The second kappa shape index (κ2) is 7.44. The Kier molecular flexibility index (Phi) is 4.61. The van der Waals surface area contributed by atoms with Crippen LogP contribution >= 0.6 is 0 Å². The van der Waals surface area contributed by atoms with Crippen molar-refractivity contribution in [3.05, 3.63) is 77.1 Å². The molecule has 0 aliphatic carbocycles. The number of nitrogens with one attached hydrogen (secondary N) is 2. The number of fused-ring (bicyclic) bond motifs is 2. The monoisotopic (exact) mass is 455 g/mol. The van der Waals surface area contributed by atoms with Crippen LogP contribution in [0.5, 0.6) is 0 Å². The van der Waals surface area contributed by atoms with Gasteiger partial charge in [-0.05, 0) is 0 Å². The number of hydrogen-bond acceptors (Lipinski definition) is 2. The zero-order valence-electron chi connectivity index (χ0n) is 16.1. The molecule has 0 fully saturated rings. The predicted molar refractivity (Wildman–Crippen MR) is 119 cm³/mol. The predicted octanol–water partition coefficient (Wildman–Crippen LogP) is 4.12. The number of aromatic nitrogens is 4. The first kappa shape index (κ1) is 18.6. The fourth-order valence-electron chi connectivity index (χ4n) is 4.10. The van der Waals surface area contributed by atoms with Gasteiger partial charge in [0.05, 0.1) is 0 Å². The molecule has 0 atom stereocenters. The Morgan fingerprint density at radius 3 is 2.63 bits per heavy atom. The zero-order valence-corrected chi connectivity index (χ0v) is 18.0. The molecule has 2 radical (unpaired) electrons. The average molecular weight is 455 g/mol. The number of nitriles is 1. The van der Waals surface area contributed by atoms with E-state index in [1.165, 1.54) is 0 Å². The van der Waals surface area contributed by atoms with Crippen molar-refractivity contribution >= 4 is 38.7 Å². The average Bonchev–Trinajstić information content (AvgIpc) is 3.45. The van der Waals surface area contributed by atoms with Crippen LogP contribution in [0.1, 0.15) is 12.1 Å². The van der Waals surface area contributed by atoms with Crippen LogP contribution in [0.3, 0.4) is 0 Å². The van der Waals surface area contributed by atoms with E-state index in [4.69, 9.17) is 0 Å². The number of para-hydroxylation sites is 2. The number of benzene rings is 2. The molecule has 5 rings (SSSR count). The molecular weight excluding hydrogens is 437 g/mol. The van der Waals surface area contributed by atoms with Gasteiger partial charge in [-0.15, -0.1) is 0 Å². The van der Waals surface area contributed by atoms with Gasteiger partial charge in [-0.1, -0.05) is 6.07 Å². The van der Waals surface area contributed by atoms with Gasteiger partial charge in [0.2, 0.25) is 0 Å². The van der Waals surface area contributed by atoms with E-state index in [0.717, 1.165) is 51.2 Å². The first-order chi connectivity index (χ1) is 14.7. The fourth-order valence-corrected chi connectivity index (χ4v) is 4.40. The maximum absolute atomic E-state index is 13.0. The summed E-state index contributed by atoms with van der Waals surface area (Å²) in [5.74, 6) is 0.